The summed E-state index contributed by atoms with van der Waals surface area (Å²) in [7, 11) is 3.96. The molecular formula is C16H21N5. The van der Waals surface area contributed by atoms with Gasteiger partial charge < -0.3 is 9.88 Å². The van der Waals surface area contributed by atoms with Crippen molar-refractivity contribution in [2.75, 3.05) is 0 Å². The molecular weight excluding hydrogens is 262 g/mol. The number of hydrogen-bond acceptors (Lipinski definition) is 3. The highest BCUT2D eigenvalue weighted by Gasteiger charge is 2.23. The smallest absolute Gasteiger partial charge is 0.120 e. The molecule has 0 saturated heterocycles. The number of hydrogen-bond donors (Lipinski definition) is 1. The molecule has 0 bridgehead atoms. The van der Waals surface area contributed by atoms with Gasteiger partial charge in [-0.1, -0.05) is 0 Å². The van der Waals surface area contributed by atoms with Crippen LogP contribution < -0.4 is 5.32 Å². The van der Waals surface area contributed by atoms with E-state index in [1.54, 1.807) is 0 Å². The third-order valence-corrected chi connectivity index (χ3v) is 4.67. The first-order valence-electron chi connectivity index (χ1n) is 7.41. The van der Waals surface area contributed by atoms with E-state index in [-0.39, 0.29) is 0 Å². The molecule has 0 spiro atoms. The van der Waals surface area contributed by atoms with E-state index in [2.05, 4.69) is 23.4 Å². The molecule has 0 radical (unpaired) electrons. The van der Waals surface area contributed by atoms with Gasteiger partial charge >= 0.3 is 0 Å². The van der Waals surface area contributed by atoms with Crippen LogP contribution in [0.15, 0.2) is 12.3 Å². The fourth-order valence-corrected chi connectivity index (χ4v) is 3.20. The van der Waals surface area contributed by atoms with Crippen molar-refractivity contribution < 1.29 is 0 Å². The van der Waals surface area contributed by atoms with Gasteiger partial charge in [-0.15, -0.1) is 0 Å². The number of nitriles is 1. The van der Waals surface area contributed by atoms with Gasteiger partial charge in [-0.3, -0.25) is 4.68 Å². The SMILES string of the molecule is Cc1c(CNC2CCCc3c2cnn3C)cc(C#N)n1C. The Hall–Kier alpha value is -2.06. The largest absolute Gasteiger partial charge is 0.340 e. The van der Waals surface area contributed by atoms with Gasteiger partial charge in [0.25, 0.3) is 0 Å². The second-order valence-corrected chi connectivity index (χ2v) is 5.81. The molecule has 1 unspecified atom stereocenters. The van der Waals surface area contributed by atoms with E-state index in [1.165, 1.54) is 23.2 Å². The van der Waals surface area contributed by atoms with Gasteiger partial charge in [-0.25, -0.2) is 0 Å². The van der Waals surface area contributed by atoms with Crippen LogP contribution in [-0.2, 0) is 27.1 Å². The van der Waals surface area contributed by atoms with Crippen molar-refractivity contribution in [3.8, 4) is 6.07 Å². The number of aryl methyl sites for hydroxylation is 1. The molecule has 1 aliphatic rings. The molecule has 1 aliphatic carbocycles. The van der Waals surface area contributed by atoms with Crippen LogP contribution in [0.3, 0.4) is 0 Å². The molecule has 0 saturated carbocycles. The standard InChI is InChI=1S/C16H21N5/c1-11-12(7-13(8-17)20(11)2)9-18-15-5-4-6-16-14(15)10-19-21(16)3/h7,10,15,18H,4-6,9H2,1-3H3. The Morgan fingerprint density at radius 2 is 2.29 bits per heavy atom. The number of nitrogens with one attached hydrogen (secondary N) is 1. The lowest BCUT2D eigenvalue weighted by atomic mass is 9.93. The maximum atomic E-state index is 9.10. The van der Waals surface area contributed by atoms with Crippen LogP contribution in [0.1, 0.15) is 47.1 Å². The van der Waals surface area contributed by atoms with Crippen LogP contribution in [0, 0.1) is 18.3 Å². The molecule has 2 aromatic heterocycles. The summed E-state index contributed by atoms with van der Waals surface area (Å²) in [6.07, 6.45) is 5.45. The summed E-state index contributed by atoms with van der Waals surface area (Å²) in [4.78, 5) is 0. The first kappa shape index (κ1) is 13.9. The third kappa shape index (κ3) is 2.36. The predicted octanol–water partition coefficient (Wildman–Crippen LogP) is 2.11. The number of rotatable bonds is 3. The van der Waals surface area contributed by atoms with E-state index in [9.17, 15) is 0 Å². The van der Waals surface area contributed by atoms with Gasteiger partial charge in [0, 0.05) is 43.6 Å². The molecule has 0 aromatic carbocycles. The number of aromatic nitrogens is 3. The van der Waals surface area contributed by atoms with Gasteiger partial charge in [-0.05, 0) is 37.8 Å². The molecule has 3 rings (SSSR count). The van der Waals surface area contributed by atoms with E-state index < -0.39 is 0 Å². The summed E-state index contributed by atoms with van der Waals surface area (Å²) in [5, 5.41) is 17.1. The fraction of sp³-hybridized carbons (Fsp3) is 0.500. The van der Waals surface area contributed by atoms with Crippen LogP contribution in [-0.4, -0.2) is 14.3 Å². The zero-order valence-corrected chi connectivity index (χ0v) is 12.8. The average molecular weight is 283 g/mol. The average Bonchev–Trinajstić information content (AvgIpc) is 3.00. The molecule has 5 nitrogen and oxygen atoms in total. The maximum Gasteiger partial charge on any atom is 0.120 e. The molecule has 1 N–H and O–H groups in total. The van der Waals surface area contributed by atoms with Crippen molar-refractivity contribution in [2.24, 2.45) is 14.1 Å². The molecule has 2 aromatic rings. The maximum absolute atomic E-state index is 9.10. The number of fused-ring (bicyclic) bond motifs is 1. The first-order chi connectivity index (χ1) is 10.1. The normalized spacial score (nSPS) is 17.5. The van der Waals surface area contributed by atoms with Crippen LogP contribution in [0.25, 0.3) is 0 Å². The summed E-state index contributed by atoms with van der Waals surface area (Å²) >= 11 is 0. The molecule has 2 heterocycles. The van der Waals surface area contributed by atoms with E-state index in [1.807, 2.05) is 35.6 Å². The Kier molecular flexibility index (Phi) is 3.56. The molecule has 0 fully saturated rings. The molecule has 21 heavy (non-hydrogen) atoms. The third-order valence-electron chi connectivity index (χ3n) is 4.67. The fourth-order valence-electron chi connectivity index (χ4n) is 3.20. The minimum absolute atomic E-state index is 0.368. The van der Waals surface area contributed by atoms with Crippen molar-refractivity contribution in [2.45, 2.75) is 38.8 Å². The minimum atomic E-state index is 0.368. The van der Waals surface area contributed by atoms with Crippen molar-refractivity contribution in [3.63, 3.8) is 0 Å². The van der Waals surface area contributed by atoms with Crippen LogP contribution in [0.5, 0.6) is 0 Å². The monoisotopic (exact) mass is 283 g/mol. The van der Waals surface area contributed by atoms with Gasteiger partial charge in [0.15, 0.2) is 0 Å². The van der Waals surface area contributed by atoms with Crippen molar-refractivity contribution in [1.82, 2.24) is 19.7 Å². The van der Waals surface area contributed by atoms with Gasteiger partial charge in [0.2, 0.25) is 0 Å². The highest BCUT2D eigenvalue weighted by molar-refractivity contribution is 5.34. The highest BCUT2D eigenvalue weighted by Crippen LogP contribution is 2.29. The molecule has 5 heteroatoms. The second kappa shape index (κ2) is 5.38. The zero-order valence-electron chi connectivity index (χ0n) is 12.8. The van der Waals surface area contributed by atoms with Crippen molar-refractivity contribution in [3.05, 3.63) is 40.5 Å². The van der Waals surface area contributed by atoms with Crippen LogP contribution in [0.2, 0.25) is 0 Å². The lowest BCUT2D eigenvalue weighted by molar-refractivity contribution is 0.451. The van der Waals surface area contributed by atoms with E-state index in [0.717, 1.165) is 30.8 Å². The molecule has 1 atom stereocenters. The minimum Gasteiger partial charge on any atom is -0.340 e. The summed E-state index contributed by atoms with van der Waals surface area (Å²) in [6, 6.07) is 4.58. The van der Waals surface area contributed by atoms with E-state index in [0.29, 0.717) is 6.04 Å². The first-order valence-corrected chi connectivity index (χ1v) is 7.41. The zero-order chi connectivity index (χ0) is 15.0. The van der Waals surface area contributed by atoms with Gasteiger partial charge in [0.05, 0.1) is 6.20 Å². The van der Waals surface area contributed by atoms with Gasteiger partial charge in [0.1, 0.15) is 11.8 Å². The Balaban J connectivity index is 1.76. The molecule has 0 amide bonds. The highest BCUT2D eigenvalue weighted by atomic mass is 15.3. The summed E-state index contributed by atoms with van der Waals surface area (Å²) in [5.41, 5.74) is 5.75. The topological polar surface area (TPSA) is 58.6 Å². The predicted molar refractivity (Wildman–Crippen MR) is 80.6 cm³/mol. The van der Waals surface area contributed by atoms with Gasteiger partial charge in [-0.2, -0.15) is 10.4 Å². The van der Waals surface area contributed by atoms with Crippen LogP contribution in [0.4, 0.5) is 0 Å². The Morgan fingerprint density at radius 3 is 3.00 bits per heavy atom. The van der Waals surface area contributed by atoms with Crippen molar-refractivity contribution >= 4 is 0 Å². The summed E-state index contributed by atoms with van der Waals surface area (Å²) in [5.74, 6) is 0. The number of nitrogens with zero attached hydrogens (tertiary/aromatic N) is 4. The van der Waals surface area contributed by atoms with Crippen molar-refractivity contribution in [1.29, 1.82) is 5.26 Å². The molecule has 0 aliphatic heterocycles. The summed E-state index contributed by atoms with van der Waals surface area (Å²) in [6.45, 7) is 2.86. The van der Waals surface area contributed by atoms with Crippen LogP contribution >= 0.6 is 0 Å². The van der Waals surface area contributed by atoms with E-state index >= 15 is 0 Å². The Morgan fingerprint density at radius 1 is 1.48 bits per heavy atom. The Labute approximate surface area is 125 Å². The summed E-state index contributed by atoms with van der Waals surface area (Å²) < 4.78 is 3.94. The second-order valence-electron chi connectivity index (χ2n) is 5.81. The Bertz CT molecular complexity index is 701. The lowest BCUT2D eigenvalue weighted by Crippen LogP contribution is -2.25. The van der Waals surface area contributed by atoms with E-state index in [4.69, 9.17) is 5.26 Å². The molecule has 110 valence electrons. The quantitative estimate of drug-likeness (QED) is 0.938. The lowest BCUT2D eigenvalue weighted by Gasteiger charge is -2.24.